The van der Waals surface area contributed by atoms with Gasteiger partial charge in [-0.1, -0.05) is 13.8 Å². The second-order valence-corrected chi connectivity index (χ2v) is 6.59. The van der Waals surface area contributed by atoms with Crippen molar-refractivity contribution in [2.45, 2.75) is 59.2 Å². The fraction of sp³-hybridized carbons (Fsp3) is 0.857. The molecule has 0 aliphatic heterocycles. The molecule has 0 saturated carbocycles. The topological polar surface area (TPSA) is 75.6 Å². The molecule has 0 radical (unpaired) electrons. The third kappa shape index (κ3) is 7.00. The van der Waals surface area contributed by atoms with Gasteiger partial charge in [-0.05, 0) is 33.1 Å². The van der Waals surface area contributed by atoms with Crippen LogP contribution in [-0.4, -0.2) is 35.5 Å². The Balaban J connectivity index is 5.02. The van der Waals surface area contributed by atoms with Gasteiger partial charge >= 0.3 is 18.2 Å². The summed E-state index contributed by atoms with van der Waals surface area (Å²) in [4.78, 5) is 23.1. The molecule has 1 unspecified atom stereocenters. The largest absolute Gasteiger partial charge is 0.481 e. The predicted octanol–water partition coefficient (Wildman–Crippen LogP) is 3.58. The Morgan fingerprint density at radius 1 is 1.14 bits per heavy atom. The molecular formula is C14H24F3NO4. The summed E-state index contributed by atoms with van der Waals surface area (Å²) in [6.07, 6.45) is -7.15. The van der Waals surface area contributed by atoms with E-state index in [4.69, 9.17) is 4.74 Å². The van der Waals surface area contributed by atoms with Crippen molar-refractivity contribution in [1.82, 2.24) is 5.32 Å². The van der Waals surface area contributed by atoms with Crippen molar-refractivity contribution in [3.63, 3.8) is 0 Å². The van der Waals surface area contributed by atoms with Crippen LogP contribution in [0.15, 0.2) is 0 Å². The quantitative estimate of drug-likeness (QED) is 0.782. The van der Waals surface area contributed by atoms with Gasteiger partial charge in [0.25, 0.3) is 0 Å². The summed E-state index contributed by atoms with van der Waals surface area (Å²) in [6, 6.07) is 0. The third-order valence-corrected chi connectivity index (χ3v) is 3.33. The highest BCUT2D eigenvalue weighted by atomic mass is 19.4. The Morgan fingerprint density at radius 3 is 1.95 bits per heavy atom. The molecule has 0 aliphatic carbocycles. The zero-order valence-corrected chi connectivity index (χ0v) is 13.5. The van der Waals surface area contributed by atoms with E-state index in [1.54, 1.807) is 20.8 Å². The molecule has 0 fully saturated rings. The molecule has 130 valence electrons. The Kier molecular flexibility index (Phi) is 6.71. The van der Waals surface area contributed by atoms with Gasteiger partial charge in [0.1, 0.15) is 5.60 Å². The number of ether oxygens (including phenoxy) is 1. The number of alkyl halides is 3. The van der Waals surface area contributed by atoms with Crippen molar-refractivity contribution in [2.75, 3.05) is 6.54 Å². The second kappa shape index (κ2) is 7.19. The van der Waals surface area contributed by atoms with Gasteiger partial charge in [-0.15, -0.1) is 0 Å². The number of hydrogen-bond donors (Lipinski definition) is 2. The van der Waals surface area contributed by atoms with Crippen molar-refractivity contribution in [2.24, 2.45) is 11.3 Å². The number of aliphatic carboxylic acids is 1. The van der Waals surface area contributed by atoms with Crippen LogP contribution in [0, 0.1) is 11.3 Å². The highest BCUT2D eigenvalue weighted by Gasteiger charge is 2.45. The van der Waals surface area contributed by atoms with Crippen LogP contribution >= 0.6 is 0 Å². The van der Waals surface area contributed by atoms with Gasteiger partial charge in [0.2, 0.25) is 0 Å². The van der Waals surface area contributed by atoms with Gasteiger partial charge in [0.15, 0.2) is 0 Å². The van der Waals surface area contributed by atoms with Crippen LogP contribution in [0.1, 0.15) is 47.5 Å². The Morgan fingerprint density at radius 2 is 1.64 bits per heavy atom. The number of amides is 1. The average Bonchev–Trinajstić information content (AvgIpc) is 2.24. The standard InChI is InChI=1S/C14H24F3NO4/c1-9(2)13(10(19)20,6-7-14(15,16)17)8-18-11(21)22-12(3,4)5/h9H,6-8H2,1-5H3,(H,18,21)(H,19,20). The molecule has 0 aromatic heterocycles. The van der Waals surface area contributed by atoms with Gasteiger partial charge in [0, 0.05) is 13.0 Å². The fourth-order valence-corrected chi connectivity index (χ4v) is 1.92. The van der Waals surface area contributed by atoms with Gasteiger partial charge in [0.05, 0.1) is 5.41 Å². The molecule has 5 nitrogen and oxygen atoms in total. The molecule has 0 aliphatic rings. The molecule has 0 bridgehead atoms. The van der Waals surface area contributed by atoms with Crippen LogP contribution < -0.4 is 5.32 Å². The molecule has 0 aromatic rings. The van der Waals surface area contributed by atoms with Crippen LogP contribution in [-0.2, 0) is 9.53 Å². The van der Waals surface area contributed by atoms with Gasteiger partial charge in [-0.3, -0.25) is 4.79 Å². The summed E-state index contributed by atoms with van der Waals surface area (Å²) >= 11 is 0. The monoisotopic (exact) mass is 327 g/mol. The van der Waals surface area contributed by atoms with Crippen LogP contribution in [0.5, 0.6) is 0 Å². The van der Waals surface area contributed by atoms with E-state index >= 15 is 0 Å². The first-order valence-corrected chi connectivity index (χ1v) is 6.96. The number of carbonyl (C=O) groups is 2. The zero-order chi connectivity index (χ0) is 17.8. The van der Waals surface area contributed by atoms with Crippen LogP contribution in [0.25, 0.3) is 0 Å². The summed E-state index contributed by atoms with van der Waals surface area (Å²) in [6.45, 7) is 7.49. The van der Waals surface area contributed by atoms with E-state index in [2.05, 4.69) is 5.32 Å². The number of nitrogens with one attached hydrogen (secondary N) is 1. The van der Waals surface area contributed by atoms with E-state index in [-0.39, 0.29) is 0 Å². The van der Waals surface area contributed by atoms with E-state index in [1.807, 2.05) is 0 Å². The molecule has 0 rings (SSSR count). The minimum atomic E-state index is -4.46. The third-order valence-electron chi connectivity index (χ3n) is 3.33. The Hall–Kier alpha value is -1.47. The summed E-state index contributed by atoms with van der Waals surface area (Å²) in [5.41, 5.74) is -2.48. The van der Waals surface area contributed by atoms with Crippen LogP contribution in [0.3, 0.4) is 0 Å². The summed E-state index contributed by atoms with van der Waals surface area (Å²) in [5.74, 6) is -1.97. The van der Waals surface area contributed by atoms with Crippen LogP contribution in [0.2, 0.25) is 0 Å². The maximum absolute atomic E-state index is 12.4. The minimum absolute atomic E-state index is 0.426. The number of carboxylic acid groups (broad SMARTS) is 1. The minimum Gasteiger partial charge on any atom is -0.481 e. The summed E-state index contributed by atoms with van der Waals surface area (Å²) < 4.78 is 42.3. The molecule has 0 heterocycles. The second-order valence-electron chi connectivity index (χ2n) is 6.59. The number of carboxylic acids is 1. The van der Waals surface area contributed by atoms with Crippen molar-refractivity contribution in [3.8, 4) is 0 Å². The molecule has 1 amide bonds. The van der Waals surface area contributed by atoms with E-state index in [1.165, 1.54) is 13.8 Å². The van der Waals surface area contributed by atoms with Crippen molar-refractivity contribution >= 4 is 12.1 Å². The van der Waals surface area contributed by atoms with E-state index in [0.717, 1.165) is 0 Å². The number of hydrogen-bond acceptors (Lipinski definition) is 3. The molecule has 0 spiro atoms. The number of halogens is 3. The fourth-order valence-electron chi connectivity index (χ4n) is 1.92. The predicted molar refractivity (Wildman–Crippen MR) is 74.4 cm³/mol. The normalized spacial score (nSPS) is 15.3. The lowest BCUT2D eigenvalue weighted by molar-refractivity contribution is -0.161. The first-order chi connectivity index (χ1) is 9.69. The lowest BCUT2D eigenvalue weighted by atomic mass is 9.73. The number of carbonyl (C=O) groups excluding carboxylic acids is 1. The maximum Gasteiger partial charge on any atom is 0.407 e. The highest BCUT2D eigenvalue weighted by Crippen LogP contribution is 2.37. The smallest absolute Gasteiger partial charge is 0.407 e. The van der Waals surface area contributed by atoms with E-state index < -0.39 is 54.6 Å². The van der Waals surface area contributed by atoms with Gasteiger partial charge in [-0.2, -0.15) is 13.2 Å². The molecule has 22 heavy (non-hydrogen) atoms. The van der Waals surface area contributed by atoms with Gasteiger partial charge in [-0.25, -0.2) is 4.79 Å². The number of alkyl carbamates (subject to hydrolysis) is 1. The first-order valence-electron chi connectivity index (χ1n) is 6.96. The van der Waals surface area contributed by atoms with Crippen LogP contribution in [0.4, 0.5) is 18.0 Å². The summed E-state index contributed by atoms with van der Waals surface area (Å²) in [5, 5.41) is 11.6. The average molecular weight is 327 g/mol. The lowest BCUT2D eigenvalue weighted by Crippen LogP contribution is -2.48. The molecule has 0 saturated heterocycles. The summed E-state index contributed by atoms with van der Waals surface area (Å²) in [7, 11) is 0. The van der Waals surface area contributed by atoms with Crippen molar-refractivity contribution in [3.05, 3.63) is 0 Å². The molecule has 2 N–H and O–H groups in total. The Labute approximate surface area is 128 Å². The lowest BCUT2D eigenvalue weighted by Gasteiger charge is -2.34. The molecule has 0 aromatic carbocycles. The molecule has 1 atom stereocenters. The van der Waals surface area contributed by atoms with E-state index in [9.17, 15) is 27.9 Å². The SMILES string of the molecule is CC(C)C(CCC(F)(F)F)(CNC(=O)OC(C)(C)C)C(=O)O. The zero-order valence-electron chi connectivity index (χ0n) is 13.5. The maximum atomic E-state index is 12.4. The first kappa shape index (κ1) is 20.5. The highest BCUT2D eigenvalue weighted by molar-refractivity contribution is 5.76. The van der Waals surface area contributed by atoms with Gasteiger partial charge < -0.3 is 15.2 Å². The Bertz CT molecular complexity index is 402. The van der Waals surface area contributed by atoms with Crippen molar-refractivity contribution in [1.29, 1.82) is 0 Å². The van der Waals surface area contributed by atoms with Crippen molar-refractivity contribution < 1.29 is 32.6 Å². The van der Waals surface area contributed by atoms with E-state index in [0.29, 0.717) is 0 Å². The number of rotatable bonds is 6. The molecular weight excluding hydrogens is 303 g/mol. The molecule has 8 heteroatoms.